The first-order valence-corrected chi connectivity index (χ1v) is 15.4. The molecule has 1 aliphatic rings. The quantitative estimate of drug-likeness (QED) is 0.323. The van der Waals surface area contributed by atoms with Crippen LogP contribution in [0.25, 0.3) is 0 Å². The van der Waals surface area contributed by atoms with Crippen molar-refractivity contribution in [1.29, 1.82) is 0 Å². The van der Waals surface area contributed by atoms with Crippen LogP contribution in [0.2, 0.25) is 33.2 Å². The van der Waals surface area contributed by atoms with Crippen LogP contribution < -0.4 is 16.0 Å². The molecule has 3 rings (SSSR count). The summed E-state index contributed by atoms with van der Waals surface area (Å²) in [6, 6.07) is 4.47. The SMILES string of the molecule is CC(C)(C)[Si](C)(C)OC1CCC(Nc2cc(NC(=O)Nc3c(Cl)cc(Cl)cc3Cl)ncn2)CC1. The molecule has 2 aromatic rings. The third-order valence-corrected chi connectivity index (χ3v) is 11.8. The van der Waals surface area contributed by atoms with Gasteiger partial charge in [-0.25, -0.2) is 14.8 Å². The summed E-state index contributed by atoms with van der Waals surface area (Å²) in [4.78, 5) is 20.9. The minimum Gasteiger partial charge on any atom is -0.414 e. The van der Waals surface area contributed by atoms with Crippen LogP contribution in [0.1, 0.15) is 46.5 Å². The first kappa shape index (κ1) is 27.0. The average Bonchev–Trinajstić information content (AvgIpc) is 2.71. The van der Waals surface area contributed by atoms with E-state index in [0.717, 1.165) is 25.7 Å². The van der Waals surface area contributed by atoms with E-state index < -0.39 is 14.3 Å². The van der Waals surface area contributed by atoms with Crippen LogP contribution in [0.3, 0.4) is 0 Å². The molecule has 11 heteroatoms. The number of rotatable bonds is 6. The van der Waals surface area contributed by atoms with Crippen molar-refractivity contribution in [3.63, 3.8) is 0 Å². The Morgan fingerprint density at radius 2 is 1.56 bits per heavy atom. The van der Waals surface area contributed by atoms with Gasteiger partial charge in [0, 0.05) is 23.2 Å². The third kappa shape index (κ3) is 7.21. The predicted octanol–water partition coefficient (Wildman–Crippen LogP) is 7.83. The summed E-state index contributed by atoms with van der Waals surface area (Å²) >= 11 is 18.2. The summed E-state index contributed by atoms with van der Waals surface area (Å²) in [6.45, 7) is 11.4. The highest BCUT2D eigenvalue weighted by molar-refractivity contribution is 6.74. The van der Waals surface area contributed by atoms with Gasteiger partial charge in [-0.3, -0.25) is 5.32 Å². The van der Waals surface area contributed by atoms with Crippen molar-refractivity contribution in [3.8, 4) is 0 Å². The molecule has 3 N–H and O–H groups in total. The summed E-state index contributed by atoms with van der Waals surface area (Å²) < 4.78 is 6.58. The van der Waals surface area contributed by atoms with Gasteiger partial charge < -0.3 is 15.1 Å². The van der Waals surface area contributed by atoms with Gasteiger partial charge in [-0.05, 0) is 55.9 Å². The molecule has 1 aromatic heterocycles. The first-order chi connectivity index (χ1) is 15.8. The molecule has 1 heterocycles. The predicted molar refractivity (Wildman–Crippen MR) is 144 cm³/mol. The molecule has 0 radical (unpaired) electrons. The largest absolute Gasteiger partial charge is 0.414 e. The van der Waals surface area contributed by atoms with Crippen molar-refractivity contribution in [2.45, 2.75) is 76.7 Å². The number of hydrogen-bond donors (Lipinski definition) is 3. The van der Waals surface area contributed by atoms with Gasteiger partial charge in [0.15, 0.2) is 8.32 Å². The fourth-order valence-corrected chi connectivity index (χ4v) is 5.89. The fourth-order valence-electron chi connectivity index (χ4n) is 3.55. The zero-order valence-corrected chi connectivity index (χ0v) is 23.4. The van der Waals surface area contributed by atoms with Gasteiger partial charge in [0.2, 0.25) is 0 Å². The number of amides is 2. The third-order valence-electron chi connectivity index (χ3n) is 6.45. The van der Waals surface area contributed by atoms with E-state index in [-0.39, 0.29) is 20.8 Å². The molecule has 0 unspecified atom stereocenters. The highest BCUT2D eigenvalue weighted by Crippen LogP contribution is 2.39. The van der Waals surface area contributed by atoms with Crippen LogP contribution in [0.4, 0.5) is 22.1 Å². The molecule has 34 heavy (non-hydrogen) atoms. The van der Waals surface area contributed by atoms with Crippen molar-refractivity contribution in [1.82, 2.24) is 9.97 Å². The Hall–Kier alpha value is -1.58. The molecule has 1 fully saturated rings. The standard InChI is InChI=1S/C23H32Cl3N5O2Si/c1-23(2,3)34(4,5)33-16-8-6-15(7-9-16)29-19-12-20(28-13-27-19)30-22(32)31-21-17(25)10-14(24)11-18(21)26/h10-13,15-16H,6-9H2,1-5H3,(H3,27,28,29,30,31,32). The van der Waals surface area contributed by atoms with Crippen molar-refractivity contribution in [2.75, 3.05) is 16.0 Å². The molecule has 186 valence electrons. The van der Waals surface area contributed by atoms with E-state index in [9.17, 15) is 4.79 Å². The lowest BCUT2D eigenvalue weighted by atomic mass is 9.93. The Morgan fingerprint density at radius 3 is 2.15 bits per heavy atom. The van der Waals surface area contributed by atoms with Crippen LogP contribution in [0.15, 0.2) is 24.5 Å². The molecule has 7 nitrogen and oxygen atoms in total. The summed E-state index contributed by atoms with van der Waals surface area (Å²) in [7, 11) is -1.76. The zero-order chi connectivity index (χ0) is 25.1. The van der Waals surface area contributed by atoms with Gasteiger partial charge in [-0.2, -0.15) is 0 Å². The molecule has 0 bridgehead atoms. The number of anilines is 3. The topological polar surface area (TPSA) is 88.2 Å². The molecule has 0 aliphatic heterocycles. The van der Waals surface area contributed by atoms with E-state index in [4.69, 9.17) is 39.2 Å². The van der Waals surface area contributed by atoms with Crippen LogP contribution >= 0.6 is 34.8 Å². The monoisotopic (exact) mass is 543 g/mol. The normalized spacial score (nSPS) is 18.9. The van der Waals surface area contributed by atoms with E-state index >= 15 is 0 Å². The number of hydrogen-bond acceptors (Lipinski definition) is 5. The van der Waals surface area contributed by atoms with Crippen molar-refractivity contribution in [2.24, 2.45) is 0 Å². The van der Waals surface area contributed by atoms with E-state index in [0.29, 0.717) is 28.8 Å². The maximum Gasteiger partial charge on any atom is 0.324 e. The molecule has 1 saturated carbocycles. The number of nitrogens with one attached hydrogen (secondary N) is 3. The molecule has 1 aromatic carbocycles. The van der Waals surface area contributed by atoms with E-state index in [1.165, 1.54) is 18.5 Å². The number of urea groups is 1. The summed E-state index contributed by atoms with van der Waals surface area (Å²) in [5.41, 5.74) is 0.273. The first-order valence-electron chi connectivity index (χ1n) is 11.3. The van der Waals surface area contributed by atoms with Crippen molar-refractivity contribution in [3.05, 3.63) is 39.6 Å². The lowest BCUT2D eigenvalue weighted by Gasteiger charge is -2.41. The lowest BCUT2D eigenvalue weighted by Crippen LogP contribution is -2.45. The number of benzene rings is 1. The Kier molecular flexibility index (Phi) is 8.73. The second-order valence-electron chi connectivity index (χ2n) is 10.1. The zero-order valence-electron chi connectivity index (χ0n) is 20.1. The smallest absolute Gasteiger partial charge is 0.324 e. The van der Waals surface area contributed by atoms with E-state index in [1.807, 2.05) is 0 Å². The summed E-state index contributed by atoms with van der Waals surface area (Å²) in [5, 5.41) is 9.84. The summed E-state index contributed by atoms with van der Waals surface area (Å²) in [5.74, 6) is 1.01. The highest BCUT2D eigenvalue weighted by Gasteiger charge is 2.39. The Labute approximate surface area is 217 Å². The van der Waals surface area contributed by atoms with Gasteiger partial charge >= 0.3 is 6.03 Å². The molecule has 0 atom stereocenters. The van der Waals surface area contributed by atoms with Crippen molar-refractivity contribution < 1.29 is 9.22 Å². The molecule has 0 saturated heterocycles. The van der Waals surface area contributed by atoms with E-state index in [2.05, 4.69) is 59.8 Å². The Morgan fingerprint density at radius 1 is 0.971 bits per heavy atom. The van der Waals surface area contributed by atoms with Gasteiger partial charge in [0.1, 0.15) is 18.0 Å². The van der Waals surface area contributed by atoms with Crippen LogP contribution in [0, 0.1) is 0 Å². The number of carbonyl (C=O) groups is 1. The van der Waals surface area contributed by atoms with Crippen molar-refractivity contribution >= 4 is 66.5 Å². The minimum absolute atomic E-state index is 0.211. The van der Waals surface area contributed by atoms with Gasteiger partial charge in [-0.1, -0.05) is 55.6 Å². The lowest BCUT2D eigenvalue weighted by molar-refractivity contribution is 0.133. The number of carbonyl (C=O) groups excluding carboxylic acids is 1. The molecule has 0 spiro atoms. The maximum atomic E-state index is 12.4. The van der Waals surface area contributed by atoms with Crippen LogP contribution in [-0.4, -0.2) is 36.5 Å². The second-order valence-corrected chi connectivity index (χ2v) is 16.1. The fraction of sp³-hybridized carbons (Fsp3) is 0.522. The highest BCUT2D eigenvalue weighted by atomic mass is 35.5. The van der Waals surface area contributed by atoms with Crippen LogP contribution in [0.5, 0.6) is 0 Å². The molecule has 1 aliphatic carbocycles. The minimum atomic E-state index is -1.76. The van der Waals surface area contributed by atoms with Gasteiger partial charge in [0.25, 0.3) is 0 Å². The Bertz CT molecular complexity index is 1000. The number of halogens is 3. The molecular formula is C23H32Cl3N5O2Si. The average molecular weight is 545 g/mol. The number of nitrogens with zero attached hydrogens (tertiary/aromatic N) is 2. The van der Waals surface area contributed by atoms with Gasteiger partial charge in [0.05, 0.1) is 15.7 Å². The number of aromatic nitrogens is 2. The second kappa shape index (κ2) is 11.0. The van der Waals surface area contributed by atoms with Crippen LogP contribution in [-0.2, 0) is 4.43 Å². The maximum absolute atomic E-state index is 12.4. The molecular weight excluding hydrogens is 513 g/mol. The Balaban J connectivity index is 1.53. The van der Waals surface area contributed by atoms with E-state index in [1.54, 1.807) is 6.07 Å². The molecule has 2 amide bonds. The summed E-state index contributed by atoms with van der Waals surface area (Å²) in [6.07, 6.45) is 5.76. The van der Waals surface area contributed by atoms with Gasteiger partial charge in [-0.15, -0.1) is 0 Å².